The first-order valence-corrected chi connectivity index (χ1v) is 9.54. The topological polar surface area (TPSA) is 79.9 Å². The van der Waals surface area contributed by atoms with Gasteiger partial charge in [0.1, 0.15) is 17.7 Å². The van der Waals surface area contributed by atoms with Gasteiger partial charge in [0.2, 0.25) is 5.88 Å². The molecule has 2 N–H and O–H groups in total. The highest BCUT2D eigenvalue weighted by molar-refractivity contribution is 6.13. The van der Waals surface area contributed by atoms with Crippen molar-refractivity contribution in [1.29, 1.82) is 0 Å². The summed E-state index contributed by atoms with van der Waals surface area (Å²) in [5.74, 6) is 0.969. The number of ether oxygens (including phenoxy) is 1. The largest absolute Gasteiger partial charge is 0.438 e. The lowest BCUT2D eigenvalue weighted by atomic mass is 10.0. The number of H-pyrrole nitrogens is 1. The molecular weight excluding hydrogens is 376 g/mol. The molecule has 0 aliphatic rings. The maximum absolute atomic E-state index is 12.8. The summed E-state index contributed by atoms with van der Waals surface area (Å²) in [6.07, 6.45) is 3.26. The molecule has 1 amide bonds. The van der Waals surface area contributed by atoms with Crippen molar-refractivity contribution in [1.82, 2.24) is 15.0 Å². The highest BCUT2D eigenvalue weighted by Crippen LogP contribution is 2.30. The average molecular weight is 394 g/mol. The Labute approximate surface area is 172 Å². The molecule has 0 aliphatic heterocycles. The molecule has 0 saturated heterocycles. The summed E-state index contributed by atoms with van der Waals surface area (Å²) >= 11 is 0. The number of aromatic amines is 1. The highest BCUT2D eigenvalue weighted by Gasteiger charge is 2.12. The summed E-state index contributed by atoms with van der Waals surface area (Å²) < 4.78 is 5.99. The molecule has 6 nitrogen and oxygen atoms in total. The second-order valence-electron chi connectivity index (χ2n) is 7.03. The van der Waals surface area contributed by atoms with Crippen LogP contribution in [0.4, 0.5) is 5.69 Å². The Hall–Kier alpha value is -4.19. The van der Waals surface area contributed by atoms with Crippen molar-refractivity contribution in [3.05, 3.63) is 90.4 Å². The number of nitrogens with one attached hydrogen (secondary N) is 2. The third-order valence-electron chi connectivity index (χ3n) is 4.94. The van der Waals surface area contributed by atoms with Crippen LogP contribution in [0, 0.1) is 6.92 Å². The molecule has 146 valence electrons. The van der Waals surface area contributed by atoms with Crippen LogP contribution >= 0.6 is 0 Å². The molecule has 6 heteroatoms. The van der Waals surface area contributed by atoms with Crippen LogP contribution < -0.4 is 10.1 Å². The fraction of sp³-hybridized carbons (Fsp3) is 0.0417. The molecule has 0 bridgehead atoms. The number of amides is 1. The summed E-state index contributed by atoms with van der Waals surface area (Å²) in [5, 5.41) is 5.52. The monoisotopic (exact) mass is 394 g/mol. The van der Waals surface area contributed by atoms with Crippen molar-refractivity contribution in [3.63, 3.8) is 0 Å². The molecule has 5 aromatic rings. The van der Waals surface area contributed by atoms with E-state index in [1.54, 1.807) is 6.20 Å². The molecule has 5 rings (SSSR count). The fourth-order valence-electron chi connectivity index (χ4n) is 3.40. The Balaban J connectivity index is 1.45. The smallest absolute Gasteiger partial charge is 0.256 e. The molecule has 0 saturated carbocycles. The van der Waals surface area contributed by atoms with Gasteiger partial charge in [-0.2, -0.15) is 0 Å². The second-order valence-corrected chi connectivity index (χ2v) is 7.03. The summed E-state index contributed by atoms with van der Waals surface area (Å²) in [6.45, 7) is 2.01. The molecule has 0 radical (unpaired) electrons. The fourth-order valence-corrected chi connectivity index (χ4v) is 3.40. The first-order valence-electron chi connectivity index (χ1n) is 9.54. The number of hydrogen-bond donors (Lipinski definition) is 2. The van der Waals surface area contributed by atoms with Crippen LogP contribution in [-0.2, 0) is 0 Å². The van der Waals surface area contributed by atoms with E-state index in [1.165, 1.54) is 6.33 Å². The zero-order chi connectivity index (χ0) is 20.5. The van der Waals surface area contributed by atoms with Gasteiger partial charge in [0.15, 0.2) is 0 Å². The van der Waals surface area contributed by atoms with Gasteiger partial charge < -0.3 is 15.0 Å². The van der Waals surface area contributed by atoms with Gasteiger partial charge >= 0.3 is 0 Å². The Morgan fingerprint density at radius 1 is 0.967 bits per heavy atom. The van der Waals surface area contributed by atoms with Crippen LogP contribution in [0.1, 0.15) is 15.9 Å². The van der Waals surface area contributed by atoms with E-state index in [9.17, 15) is 4.79 Å². The van der Waals surface area contributed by atoms with Crippen LogP contribution in [0.3, 0.4) is 0 Å². The maximum Gasteiger partial charge on any atom is 0.256 e. The first kappa shape index (κ1) is 17.9. The molecule has 2 aromatic heterocycles. The number of aromatic nitrogens is 3. The van der Waals surface area contributed by atoms with Crippen molar-refractivity contribution >= 4 is 33.4 Å². The number of aryl methyl sites for hydroxylation is 1. The summed E-state index contributed by atoms with van der Waals surface area (Å²) in [6, 6.07) is 20.9. The molecule has 0 spiro atoms. The van der Waals surface area contributed by atoms with Gasteiger partial charge in [-0.1, -0.05) is 29.8 Å². The lowest BCUT2D eigenvalue weighted by Crippen LogP contribution is -2.12. The standard InChI is InChI=1S/C24H18N4O2/c1-15-5-7-17(8-6-15)28-23(29)20-4-2-3-16-13-18(9-10-19(16)20)30-24-21-11-12-25-22(21)26-14-27-24/h2-14H,1H3,(H,28,29)(H,25,26,27). The minimum Gasteiger partial charge on any atom is -0.438 e. The predicted molar refractivity (Wildman–Crippen MR) is 117 cm³/mol. The Bertz CT molecular complexity index is 1370. The number of hydrogen-bond acceptors (Lipinski definition) is 4. The number of carbonyl (C=O) groups is 1. The Morgan fingerprint density at radius 2 is 1.83 bits per heavy atom. The number of benzene rings is 3. The zero-order valence-corrected chi connectivity index (χ0v) is 16.2. The summed E-state index contributed by atoms with van der Waals surface area (Å²) in [5.41, 5.74) is 3.23. The zero-order valence-electron chi connectivity index (χ0n) is 16.2. The van der Waals surface area contributed by atoms with E-state index in [0.29, 0.717) is 17.2 Å². The number of rotatable bonds is 4. The first-order chi connectivity index (χ1) is 14.7. The van der Waals surface area contributed by atoms with Gasteiger partial charge in [-0.3, -0.25) is 4.79 Å². The van der Waals surface area contributed by atoms with E-state index >= 15 is 0 Å². The van der Waals surface area contributed by atoms with E-state index in [2.05, 4.69) is 20.3 Å². The number of anilines is 1. The third-order valence-corrected chi connectivity index (χ3v) is 4.94. The van der Waals surface area contributed by atoms with Gasteiger partial charge in [0, 0.05) is 17.4 Å². The number of carbonyl (C=O) groups excluding carboxylic acids is 1. The van der Waals surface area contributed by atoms with Crippen molar-refractivity contribution in [2.75, 3.05) is 5.32 Å². The molecule has 0 aliphatic carbocycles. The summed E-state index contributed by atoms with van der Waals surface area (Å²) in [4.78, 5) is 24.3. The van der Waals surface area contributed by atoms with E-state index in [-0.39, 0.29) is 5.91 Å². The summed E-state index contributed by atoms with van der Waals surface area (Å²) in [7, 11) is 0. The van der Waals surface area contributed by atoms with Gasteiger partial charge in [0.05, 0.1) is 5.39 Å². The molecule has 30 heavy (non-hydrogen) atoms. The molecule has 3 aromatic carbocycles. The predicted octanol–water partition coefficient (Wildman–Crippen LogP) is 5.46. The van der Waals surface area contributed by atoms with Crippen LogP contribution in [0.15, 0.2) is 79.3 Å². The van der Waals surface area contributed by atoms with Crippen molar-refractivity contribution in [2.45, 2.75) is 6.92 Å². The SMILES string of the molecule is Cc1ccc(NC(=O)c2cccc3cc(Oc4ncnc5[nH]ccc45)ccc23)cc1. The van der Waals surface area contributed by atoms with Gasteiger partial charge in [-0.15, -0.1) is 0 Å². The molecular formula is C24H18N4O2. The third kappa shape index (κ3) is 3.35. The minimum absolute atomic E-state index is 0.150. The van der Waals surface area contributed by atoms with Crippen molar-refractivity contribution in [2.24, 2.45) is 0 Å². The number of nitrogens with zero attached hydrogens (tertiary/aromatic N) is 2. The van der Waals surface area contributed by atoms with Gasteiger partial charge in [-0.25, -0.2) is 9.97 Å². The van der Waals surface area contributed by atoms with E-state index < -0.39 is 0 Å². The quantitative estimate of drug-likeness (QED) is 0.424. The molecule has 0 fully saturated rings. The average Bonchev–Trinajstić information content (AvgIpc) is 3.25. The maximum atomic E-state index is 12.8. The Kier molecular flexibility index (Phi) is 4.37. The molecule has 0 unspecified atom stereocenters. The van der Waals surface area contributed by atoms with Crippen LogP contribution in [-0.4, -0.2) is 20.9 Å². The Morgan fingerprint density at radius 3 is 2.70 bits per heavy atom. The van der Waals surface area contributed by atoms with Crippen LogP contribution in [0.25, 0.3) is 21.8 Å². The second kappa shape index (κ2) is 7.33. The normalized spacial score (nSPS) is 11.0. The van der Waals surface area contributed by atoms with E-state index in [0.717, 1.165) is 33.1 Å². The van der Waals surface area contributed by atoms with Crippen molar-refractivity contribution < 1.29 is 9.53 Å². The van der Waals surface area contributed by atoms with Gasteiger partial charge in [-0.05, 0) is 60.2 Å². The molecule has 0 atom stereocenters. The highest BCUT2D eigenvalue weighted by atomic mass is 16.5. The van der Waals surface area contributed by atoms with E-state index in [1.807, 2.05) is 73.7 Å². The lowest BCUT2D eigenvalue weighted by Gasteiger charge is -2.10. The van der Waals surface area contributed by atoms with Crippen LogP contribution in [0.5, 0.6) is 11.6 Å². The van der Waals surface area contributed by atoms with E-state index in [4.69, 9.17) is 4.74 Å². The van der Waals surface area contributed by atoms with Crippen LogP contribution in [0.2, 0.25) is 0 Å². The molecule has 2 heterocycles. The van der Waals surface area contributed by atoms with Gasteiger partial charge in [0.25, 0.3) is 5.91 Å². The lowest BCUT2D eigenvalue weighted by molar-refractivity contribution is 0.102. The minimum atomic E-state index is -0.150. The number of fused-ring (bicyclic) bond motifs is 2. The van der Waals surface area contributed by atoms with Crippen molar-refractivity contribution in [3.8, 4) is 11.6 Å².